The molecule has 4 nitrogen and oxygen atoms in total. The standard InChI is InChI=1S/C13H21ClN2O2/c1-13(2,3)18-8-11(16-15)9-5-6-10(14)12(7-9)17-4/h5-7,11,16H,8,15H2,1-4H3. The van der Waals surface area contributed by atoms with Crippen molar-refractivity contribution >= 4 is 11.6 Å². The number of nitrogens with one attached hydrogen (secondary N) is 1. The summed E-state index contributed by atoms with van der Waals surface area (Å²) in [5, 5.41) is 0.578. The molecule has 1 rings (SSSR count). The topological polar surface area (TPSA) is 56.5 Å². The van der Waals surface area contributed by atoms with E-state index < -0.39 is 0 Å². The molecule has 0 heterocycles. The van der Waals surface area contributed by atoms with Gasteiger partial charge in [0.1, 0.15) is 5.75 Å². The van der Waals surface area contributed by atoms with Gasteiger partial charge in [0.2, 0.25) is 0 Å². The Morgan fingerprint density at radius 1 is 1.39 bits per heavy atom. The average Bonchev–Trinajstić information content (AvgIpc) is 2.30. The number of methoxy groups -OCH3 is 1. The van der Waals surface area contributed by atoms with Crippen LogP contribution in [0.5, 0.6) is 5.75 Å². The summed E-state index contributed by atoms with van der Waals surface area (Å²) in [6.07, 6.45) is 0. The summed E-state index contributed by atoms with van der Waals surface area (Å²) in [6, 6.07) is 5.45. The molecule has 0 saturated carbocycles. The van der Waals surface area contributed by atoms with Gasteiger partial charge in [-0.15, -0.1) is 0 Å². The van der Waals surface area contributed by atoms with E-state index in [0.717, 1.165) is 5.56 Å². The highest BCUT2D eigenvalue weighted by atomic mass is 35.5. The van der Waals surface area contributed by atoms with Gasteiger partial charge in [-0.3, -0.25) is 11.3 Å². The molecule has 1 unspecified atom stereocenters. The lowest BCUT2D eigenvalue weighted by Crippen LogP contribution is -2.34. The van der Waals surface area contributed by atoms with Crippen LogP contribution in [0, 0.1) is 0 Å². The molecule has 1 aromatic carbocycles. The van der Waals surface area contributed by atoms with Crippen LogP contribution in [-0.4, -0.2) is 19.3 Å². The smallest absolute Gasteiger partial charge is 0.137 e. The van der Waals surface area contributed by atoms with Gasteiger partial charge in [-0.25, -0.2) is 0 Å². The molecular weight excluding hydrogens is 252 g/mol. The molecule has 1 atom stereocenters. The summed E-state index contributed by atoms with van der Waals surface area (Å²) in [7, 11) is 1.58. The summed E-state index contributed by atoms with van der Waals surface area (Å²) in [5.41, 5.74) is 3.51. The van der Waals surface area contributed by atoms with Crippen molar-refractivity contribution in [1.29, 1.82) is 0 Å². The van der Waals surface area contributed by atoms with Crippen LogP contribution in [0.4, 0.5) is 0 Å². The number of hydrogen-bond donors (Lipinski definition) is 2. The van der Waals surface area contributed by atoms with E-state index in [0.29, 0.717) is 17.4 Å². The van der Waals surface area contributed by atoms with E-state index in [-0.39, 0.29) is 11.6 Å². The average molecular weight is 273 g/mol. The first-order valence-corrected chi connectivity index (χ1v) is 6.18. The number of hydrogen-bond acceptors (Lipinski definition) is 4. The van der Waals surface area contributed by atoms with E-state index in [4.69, 9.17) is 26.9 Å². The first-order valence-electron chi connectivity index (χ1n) is 5.81. The Morgan fingerprint density at radius 3 is 2.56 bits per heavy atom. The van der Waals surface area contributed by atoms with Crippen molar-refractivity contribution in [3.63, 3.8) is 0 Å². The summed E-state index contributed by atoms with van der Waals surface area (Å²) < 4.78 is 10.9. The minimum atomic E-state index is -0.203. The van der Waals surface area contributed by atoms with Crippen LogP contribution >= 0.6 is 11.6 Å². The highest BCUT2D eigenvalue weighted by Crippen LogP contribution is 2.28. The quantitative estimate of drug-likeness (QED) is 0.639. The van der Waals surface area contributed by atoms with Crippen LogP contribution in [0.2, 0.25) is 5.02 Å². The van der Waals surface area contributed by atoms with Crippen molar-refractivity contribution in [1.82, 2.24) is 5.43 Å². The number of hydrazine groups is 1. The fraction of sp³-hybridized carbons (Fsp3) is 0.538. The maximum Gasteiger partial charge on any atom is 0.137 e. The van der Waals surface area contributed by atoms with E-state index in [1.54, 1.807) is 13.2 Å². The number of ether oxygens (including phenoxy) is 2. The molecule has 0 fully saturated rings. The van der Waals surface area contributed by atoms with Crippen LogP contribution in [-0.2, 0) is 4.74 Å². The molecule has 0 saturated heterocycles. The minimum absolute atomic E-state index is 0.101. The lowest BCUT2D eigenvalue weighted by atomic mass is 10.1. The normalized spacial score (nSPS) is 13.4. The van der Waals surface area contributed by atoms with Crippen molar-refractivity contribution in [3.8, 4) is 5.75 Å². The molecule has 5 heteroatoms. The first kappa shape index (κ1) is 15.2. The fourth-order valence-electron chi connectivity index (χ4n) is 1.47. The maximum absolute atomic E-state index is 5.99. The Labute approximate surface area is 113 Å². The predicted octanol–water partition coefficient (Wildman–Crippen LogP) is 2.67. The molecule has 0 amide bonds. The monoisotopic (exact) mass is 272 g/mol. The molecule has 0 aliphatic heterocycles. The molecule has 0 radical (unpaired) electrons. The van der Waals surface area contributed by atoms with Crippen molar-refractivity contribution < 1.29 is 9.47 Å². The third-order valence-corrected chi connectivity index (χ3v) is 2.77. The van der Waals surface area contributed by atoms with Crippen LogP contribution in [0.15, 0.2) is 18.2 Å². The molecule has 18 heavy (non-hydrogen) atoms. The molecule has 102 valence electrons. The Kier molecular flexibility index (Phi) is 5.41. The number of rotatable bonds is 5. The van der Waals surface area contributed by atoms with E-state index in [1.165, 1.54) is 0 Å². The highest BCUT2D eigenvalue weighted by Gasteiger charge is 2.17. The summed E-state index contributed by atoms with van der Waals surface area (Å²) in [4.78, 5) is 0. The molecule has 0 bridgehead atoms. The van der Waals surface area contributed by atoms with Gasteiger partial charge in [-0.05, 0) is 38.5 Å². The number of benzene rings is 1. The zero-order valence-corrected chi connectivity index (χ0v) is 12.0. The van der Waals surface area contributed by atoms with Crippen LogP contribution < -0.4 is 16.0 Å². The second kappa shape index (κ2) is 6.38. The van der Waals surface area contributed by atoms with Gasteiger partial charge in [-0.2, -0.15) is 0 Å². The second-order valence-electron chi connectivity index (χ2n) is 5.04. The summed E-state index contributed by atoms with van der Waals surface area (Å²) >= 11 is 5.99. The molecule has 3 N–H and O–H groups in total. The van der Waals surface area contributed by atoms with E-state index in [2.05, 4.69) is 5.43 Å². The van der Waals surface area contributed by atoms with Crippen molar-refractivity contribution in [2.24, 2.45) is 5.84 Å². The largest absolute Gasteiger partial charge is 0.495 e. The predicted molar refractivity (Wildman–Crippen MR) is 73.8 cm³/mol. The van der Waals surface area contributed by atoms with Gasteiger partial charge < -0.3 is 9.47 Å². The van der Waals surface area contributed by atoms with Crippen molar-refractivity contribution in [3.05, 3.63) is 28.8 Å². The Balaban J connectivity index is 2.82. The molecule has 0 aliphatic carbocycles. The maximum atomic E-state index is 5.99. The lowest BCUT2D eigenvalue weighted by Gasteiger charge is -2.24. The van der Waals surface area contributed by atoms with Gasteiger partial charge in [0.05, 0.1) is 30.4 Å². The van der Waals surface area contributed by atoms with Crippen LogP contribution in [0.1, 0.15) is 32.4 Å². The molecule has 0 aromatic heterocycles. The Hall–Kier alpha value is -0.810. The summed E-state index contributed by atoms with van der Waals surface area (Å²) in [5.74, 6) is 6.19. The Bertz CT molecular complexity index is 391. The van der Waals surface area contributed by atoms with Crippen LogP contribution in [0.3, 0.4) is 0 Å². The fourth-order valence-corrected chi connectivity index (χ4v) is 1.66. The third-order valence-electron chi connectivity index (χ3n) is 2.46. The zero-order chi connectivity index (χ0) is 13.8. The van der Waals surface area contributed by atoms with Gasteiger partial charge in [-0.1, -0.05) is 17.7 Å². The highest BCUT2D eigenvalue weighted by molar-refractivity contribution is 6.32. The first-order chi connectivity index (χ1) is 8.37. The number of nitrogens with two attached hydrogens (primary N) is 1. The number of halogens is 1. The van der Waals surface area contributed by atoms with E-state index >= 15 is 0 Å². The Morgan fingerprint density at radius 2 is 2.06 bits per heavy atom. The van der Waals surface area contributed by atoms with Gasteiger partial charge in [0.15, 0.2) is 0 Å². The van der Waals surface area contributed by atoms with Gasteiger partial charge in [0, 0.05) is 0 Å². The van der Waals surface area contributed by atoms with Gasteiger partial charge >= 0.3 is 0 Å². The minimum Gasteiger partial charge on any atom is -0.495 e. The third kappa shape index (κ3) is 4.46. The lowest BCUT2D eigenvalue weighted by molar-refractivity contribution is -0.0148. The van der Waals surface area contributed by atoms with Crippen molar-refractivity contribution in [2.45, 2.75) is 32.4 Å². The zero-order valence-electron chi connectivity index (χ0n) is 11.3. The molecule has 0 aliphatic rings. The van der Waals surface area contributed by atoms with Crippen molar-refractivity contribution in [2.75, 3.05) is 13.7 Å². The molecule has 1 aromatic rings. The summed E-state index contributed by atoms with van der Waals surface area (Å²) in [6.45, 7) is 6.49. The van der Waals surface area contributed by atoms with Gasteiger partial charge in [0.25, 0.3) is 0 Å². The SMILES string of the molecule is COc1cc(C(COC(C)(C)C)NN)ccc1Cl. The van der Waals surface area contributed by atoms with E-state index in [9.17, 15) is 0 Å². The molecular formula is C13H21ClN2O2. The van der Waals surface area contributed by atoms with Crippen LogP contribution in [0.25, 0.3) is 0 Å². The van der Waals surface area contributed by atoms with E-state index in [1.807, 2.05) is 32.9 Å². The second-order valence-corrected chi connectivity index (χ2v) is 5.44. The molecule has 0 spiro atoms.